The van der Waals surface area contributed by atoms with Crippen molar-refractivity contribution in [1.29, 1.82) is 0 Å². The Morgan fingerprint density at radius 2 is 2.09 bits per heavy atom. The molecule has 0 aliphatic carbocycles. The molecule has 0 saturated heterocycles. The van der Waals surface area contributed by atoms with Gasteiger partial charge in [0.1, 0.15) is 0 Å². The average molecular weight is 215 g/mol. The van der Waals surface area contributed by atoms with Gasteiger partial charge in [0.05, 0.1) is 6.73 Å². The quantitative estimate of drug-likeness (QED) is 0.305. The van der Waals surface area contributed by atoms with E-state index in [1.54, 1.807) is 0 Å². The van der Waals surface area contributed by atoms with E-state index in [9.17, 15) is 0 Å². The molecule has 0 unspecified atom stereocenters. The third-order valence-corrected chi connectivity index (χ3v) is 3.40. The van der Waals surface area contributed by atoms with E-state index < -0.39 is 0 Å². The SMILES string of the molecule is CCN(CO)CCC[SH](S)S. The molecule has 0 heterocycles. The second kappa shape index (κ2) is 7.61. The van der Waals surface area contributed by atoms with Crippen molar-refractivity contribution in [2.24, 2.45) is 0 Å². The van der Waals surface area contributed by atoms with Gasteiger partial charge in [0, 0.05) is 6.54 Å². The number of hydrogen-bond acceptors (Lipinski definition) is 4. The molecule has 0 rings (SSSR count). The van der Waals surface area contributed by atoms with Gasteiger partial charge in [0.25, 0.3) is 0 Å². The highest BCUT2D eigenvalue weighted by Gasteiger charge is 1.99. The standard InChI is InChI=1S/C6H17NOS3/c1-2-7(6-8)4-3-5-11(9)10/h8-11H,2-6H2,1H3. The summed E-state index contributed by atoms with van der Waals surface area (Å²) in [6.07, 6.45) is 1.08. The second-order valence-electron chi connectivity index (χ2n) is 2.30. The molecular weight excluding hydrogens is 198 g/mol. The van der Waals surface area contributed by atoms with Crippen LogP contribution >= 0.6 is 32.3 Å². The van der Waals surface area contributed by atoms with Crippen LogP contribution in [-0.4, -0.2) is 35.6 Å². The van der Waals surface area contributed by atoms with Crippen LogP contribution in [0.15, 0.2) is 0 Å². The molecule has 0 amide bonds. The molecule has 2 nitrogen and oxygen atoms in total. The summed E-state index contributed by atoms with van der Waals surface area (Å²) in [7, 11) is -0.361. The Balaban J connectivity index is 3.21. The number of thiol groups is 3. The number of aliphatic hydroxyl groups is 1. The maximum atomic E-state index is 8.78. The molecule has 0 aliphatic rings. The van der Waals surface area contributed by atoms with Gasteiger partial charge in [-0.05, 0) is 18.7 Å². The first kappa shape index (κ1) is 12.0. The van der Waals surface area contributed by atoms with Gasteiger partial charge in [0.15, 0.2) is 0 Å². The van der Waals surface area contributed by atoms with Gasteiger partial charge in [-0.15, -0.1) is 23.3 Å². The molecule has 0 bridgehead atoms. The first-order valence-electron chi connectivity index (χ1n) is 3.69. The summed E-state index contributed by atoms with van der Waals surface area (Å²) in [5.41, 5.74) is 0. The van der Waals surface area contributed by atoms with Crippen molar-refractivity contribution in [3.05, 3.63) is 0 Å². The van der Waals surface area contributed by atoms with E-state index in [1.807, 2.05) is 11.8 Å². The maximum Gasteiger partial charge on any atom is 0.0956 e. The van der Waals surface area contributed by atoms with E-state index in [0.29, 0.717) is 0 Å². The van der Waals surface area contributed by atoms with Crippen LogP contribution < -0.4 is 0 Å². The fourth-order valence-corrected chi connectivity index (χ4v) is 2.04. The number of aliphatic hydroxyl groups excluding tert-OH is 1. The fraction of sp³-hybridized carbons (Fsp3) is 1.00. The van der Waals surface area contributed by atoms with Crippen molar-refractivity contribution in [2.45, 2.75) is 13.3 Å². The number of rotatable bonds is 6. The van der Waals surface area contributed by atoms with Crippen LogP contribution in [-0.2, 0) is 0 Å². The average Bonchev–Trinajstić information content (AvgIpc) is 1.98. The van der Waals surface area contributed by atoms with Crippen molar-refractivity contribution >= 4 is 32.3 Å². The normalized spacial score (nSPS) is 12.3. The molecule has 1 N–H and O–H groups in total. The van der Waals surface area contributed by atoms with E-state index in [-0.39, 0.29) is 15.7 Å². The lowest BCUT2D eigenvalue weighted by molar-refractivity contribution is 0.113. The highest BCUT2D eigenvalue weighted by molar-refractivity contribution is 9.09. The summed E-state index contributed by atoms with van der Waals surface area (Å²) in [6.45, 7) is 4.06. The van der Waals surface area contributed by atoms with Gasteiger partial charge >= 0.3 is 0 Å². The Hall–Kier alpha value is 0.970. The largest absolute Gasteiger partial charge is 0.381 e. The van der Waals surface area contributed by atoms with Crippen LogP contribution in [0.1, 0.15) is 13.3 Å². The Bertz CT molecular complexity index is 87.9. The molecule has 0 aliphatic heterocycles. The summed E-state index contributed by atoms with van der Waals surface area (Å²) < 4.78 is 0. The summed E-state index contributed by atoms with van der Waals surface area (Å²) in [6, 6.07) is 0. The van der Waals surface area contributed by atoms with Crippen molar-refractivity contribution in [1.82, 2.24) is 4.90 Å². The molecule has 0 radical (unpaired) electrons. The highest BCUT2D eigenvalue weighted by atomic mass is 33.5. The molecule has 0 saturated carbocycles. The fourth-order valence-electron chi connectivity index (χ4n) is 0.765. The predicted molar refractivity (Wildman–Crippen MR) is 60.8 cm³/mol. The Morgan fingerprint density at radius 3 is 2.45 bits per heavy atom. The third kappa shape index (κ3) is 7.33. The lowest BCUT2D eigenvalue weighted by atomic mass is 10.4. The zero-order valence-corrected chi connectivity index (χ0v) is 9.45. The van der Waals surface area contributed by atoms with Crippen molar-refractivity contribution in [3.8, 4) is 0 Å². The predicted octanol–water partition coefficient (Wildman–Crippen LogP) is 1.34. The minimum absolute atomic E-state index is 0.160. The summed E-state index contributed by atoms with van der Waals surface area (Å²) >= 11 is 8.41. The van der Waals surface area contributed by atoms with E-state index in [4.69, 9.17) is 5.11 Å². The zero-order chi connectivity index (χ0) is 8.69. The Labute approximate surface area is 81.3 Å². The van der Waals surface area contributed by atoms with Gasteiger partial charge in [-0.2, -0.15) is 8.96 Å². The lowest BCUT2D eigenvalue weighted by Crippen LogP contribution is -2.25. The molecule has 70 valence electrons. The van der Waals surface area contributed by atoms with Crippen LogP contribution in [0.3, 0.4) is 0 Å². The van der Waals surface area contributed by atoms with Crippen molar-refractivity contribution in [3.63, 3.8) is 0 Å². The molecule has 0 atom stereocenters. The van der Waals surface area contributed by atoms with Crippen LogP contribution in [0, 0.1) is 0 Å². The van der Waals surface area contributed by atoms with E-state index in [1.165, 1.54) is 0 Å². The van der Waals surface area contributed by atoms with Gasteiger partial charge in [0.2, 0.25) is 0 Å². The Kier molecular flexibility index (Phi) is 8.28. The minimum Gasteiger partial charge on any atom is -0.381 e. The van der Waals surface area contributed by atoms with Gasteiger partial charge in [-0.25, -0.2) is 0 Å². The molecule has 0 aromatic carbocycles. The summed E-state index contributed by atoms with van der Waals surface area (Å²) in [5, 5.41) is 8.78. The molecule has 0 fully saturated rings. The van der Waals surface area contributed by atoms with Crippen LogP contribution in [0.4, 0.5) is 0 Å². The first-order chi connectivity index (χ1) is 5.20. The zero-order valence-electron chi connectivity index (χ0n) is 6.77. The Morgan fingerprint density at radius 1 is 1.45 bits per heavy atom. The minimum atomic E-state index is -0.361. The van der Waals surface area contributed by atoms with Crippen molar-refractivity contribution in [2.75, 3.05) is 25.6 Å². The maximum absolute atomic E-state index is 8.78. The van der Waals surface area contributed by atoms with E-state index >= 15 is 0 Å². The van der Waals surface area contributed by atoms with Gasteiger partial charge in [-0.3, -0.25) is 4.90 Å². The van der Waals surface area contributed by atoms with Gasteiger partial charge in [-0.1, -0.05) is 6.92 Å². The molecule has 0 aromatic heterocycles. The highest BCUT2D eigenvalue weighted by Crippen LogP contribution is 2.34. The smallest absolute Gasteiger partial charge is 0.0956 e. The molecule has 5 heteroatoms. The number of hydrogen-bond donors (Lipinski definition) is 4. The van der Waals surface area contributed by atoms with Crippen LogP contribution in [0.25, 0.3) is 0 Å². The summed E-state index contributed by atoms with van der Waals surface area (Å²) in [5.74, 6) is 1.05. The monoisotopic (exact) mass is 215 g/mol. The van der Waals surface area contributed by atoms with Crippen LogP contribution in [0.2, 0.25) is 0 Å². The van der Waals surface area contributed by atoms with Crippen molar-refractivity contribution < 1.29 is 5.11 Å². The molecule has 0 spiro atoms. The third-order valence-electron chi connectivity index (χ3n) is 1.48. The lowest BCUT2D eigenvalue weighted by Gasteiger charge is -2.17. The topological polar surface area (TPSA) is 23.5 Å². The molecule has 11 heavy (non-hydrogen) atoms. The molecular formula is C6H17NOS3. The molecule has 0 aromatic rings. The summed E-state index contributed by atoms with van der Waals surface area (Å²) in [4.78, 5) is 1.99. The van der Waals surface area contributed by atoms with E-state index in [0.717, 1.165) is 25.3 Å². The first-order valence-corrected chi connectivity index (χ1v) is 7.52. The number of nitrogens with zero attached hydrogens (tertiary/aromatic N) is 1. The van der Waals surface area contributed by atoms with Gasteiger partial charge < -0.3 is 5.11 Å². The second-order valence-corrected chi connectivity index (χ2v) is 7.34. The van der Waals surface area contributed by atoms with E-state index in [2.05, 4.69) is 23.3 Å². The van der Waals surface area contributed by atoms with Crippen LogP contribution in [0.5, 0.6) is 0 Å².